The van der Waals surface area contributed by atoms with Crippen molar-refractivity contribution in [3.05, 3.63) is 104 Å². The number of piperazine rings is 1. The smallest absolute Gasteiger partial charge is 0.270 e. The zero-order valence-electron chi connectivity index (χ0n) is 19.8. The van der Waals surface area contributed by atoms with Crippen LogP contribution in [0.25, 0.3) is 22.0 Å². The maximum atomic E-state index is 13.2. The third kappa shape index (κ3) is 5.12. The van der Waals surface area contributed by atoms with Crippen LogP contribution in [0.4, 0.5) is 11.4 Å². The number of pyridine rings is 1. The van der Waals surface area contributed by atoms with E-state index in [0.717, 1.165) is 66.3 Å². The number of anilines is 1. The molecule has 7 nitrogen and oxygen atoms in total. The highest BCUT2D eigenvalue weighted by Gasteiger charge is 2.18. The summed E-state index contributed by atoms with van der Waals surface area (Å²) < 4.78 is 1.77. The Morgan fingerprint density at radius 1 is 0.861 bits per heavy atom. The van der Waals surface area contributed by atoms with Crippen LogP contribution in [-0.2, 0) is 6.54 Å². The molecule has 184 valence electrons. The Morgan fingerprint density at radius 2 is 1.64 bits per heavy atom. The fraction of sp³-hybridized carbons (Fsp3) is 0.250. The molecule has 5 rings (SSSR count). The molecule has 1 aromatic heterocycles. The topological polar surface area (TPSA) is 71.6 Å². The van der Waals surface area contributed by atoms with Crippen molar-refractivity contribution in [3.63, 3.8) is 0 Å². The van der Waals surface area contributed by atoms with E-state index >= 15 is 0 Å². The molecule has 0 bridgehead atoms. The highest BCUT2D eigenvalue weighted by atomic mass is 35.5. The maximum absolute atomic E-state index is 13.2. The minimum atomic E-state index is -0.403. The van der Waals surface area contributed by atoms with Crippen LogP contribution in [0, 0.1) is 10.1 Å². The van der Waals surface area contributed by atoms with Crippen molar-refractivity contribution < 1.29 is 4.92 Å². The third-order valence-corrected chi connectivity index (χ3v) is 7.00. The zero-order chi connectivity index (χ0) is 25.1. The molecule has 8 heteroatoms. The van der Waals surface area contributed by atoms with Crippen molar-refractivity contribution in [2.45, 2.75) is 13.0 Å². The van der Waals surface area contributed by atoms with Gasteiger partial charge >= 0.3 is 0 Å². The number of fused-ring (bicyclic) bond motifs is 1. The van der Waals surface area contributed by atoms with Crippen LogP contribution in [0.3, 0.4) is 0 Å². The van der Waals surface area contributed by atoms with Gasteiger partial charge in [0.15, 0.2) is 0 Å². The Morgan fingerprint density at radius 3 is 2.42 bits per heavy atom. The van der Waals surface area contributed by atoms with Crippen LogP contribution in [0.5, 0.6) is 0 Å². The summed E-state index contributed by atoms with van der Waals surface area (Å²) >= 11 is 6.15. The Bertz CT molecular complexity index is 1460. The third-order valence-electron chi connectivity index (χ3n) is 6.76. The monoisotopic (exact) mass is 502 g/mol. The summed E-state index contributed by atoms with van der Waals surface area (Å²) in [5.41, 5.74) is 2.46. The molecule has 0 atom stereocenters. The molecule has 1 fully saturated rings. The number of aromatic nitrogens is 1. The van der Waals surface area contributed by atoms with Gasteiger partial charge in [0, 0.05) is 72.6 Å². The number of rotatable bonds is 7. The highest BCUT2D eigenvalue weighted by Crippen LogP contribution is 2.30. The van der Waals surface area contributed by atoms with E-state index < -0.39 is 4.92 Å². The minimum absolute atomic E-state index is 0.0111. The predicted octanol–water partition coefficient (Wildman–Crippen LogP) is 5.44. The SMILES string of the molecule is O=c1cc2ccccc2c(-c2cccc([N+](=O)[O-])c2)n1CCCN1CCN(c2cccc(Cl)c2)CC1. The van der Waals surface area contributed by atoms with Gasteiger partial charge in [-0.15, -0.1) is 0 Å². The van der Waals surface area contributed by atoms with E-state index in [1.54, 1.807) is 22.8 Å². The van der Waals surface area contributed by atoms with Crippen LogP contribution in [0.1, 0.15) is 6.42 Å². The van der Waals surface area contributed by atoms with E-state index in [-0.39, 0.29) is 11.2 Å². The van der Waals surface area contributed by atoms with Gasteiger partial charge in [-0.25, -0.2) is 0 Å². The van der Waals surface area contributed by atoms with Crippen LogP contribution in [0.15, 0.2) is 83.7 Å². The van der Waals surface area contributed by atoms with Gasteiger partial charge in [0.2, 0.25) is 0 Å². The van der Waals surface area contributed by atoms with Gasteiger partial charge in [0.1, 0.15) is 0 Å². The average molecular weight is 503 g/mol. The van der Waals surface area contributed by atoms with E-state index in [0.29, 0.717) is 12.1 Å². The first-order valence-corrected chi connectivity index (χ1v) is 12.5. The molecular weight excluding hydrogens is 476 g/mol. The number of nitrogens with zero attached hydrogens (tertiary/aromatic N) is 4. The highest BCUT2D eigenvalue weighted by molar-refractivity contribution is 6.30. The Labute approximate surface area is 214 Å². The van der Waals surface area contributed by atoms with Crippen LogP contribution < -0.4 is 10.5 Å². The lowest BCUT2D eigenvalue weighted by atomic mass is 10.0. The predicted molar refractivity (Wildman–Crippen MR) is 145 cm³/mol. The lowest BCUT2D eigenvalue weighted by molar-refractivity contribution is -0.384. The summed E-state index contributed by atoms with van der Waals surface area (Å²) in [6.07, 6.45) is 0.803. The number of nitro groups is 1. The molecule has 1 aliphatic heterocycles. The standard InChI is InChI=1S/C28H27ClN4O3/c29-23-8-4-9-24(20-23)31-16-14-30(15-17-31)12-5-13-32-27(34)19-21-6-1-2-11-26(21)28(32)22-7-3-10-25(18-22)33(35)36/h1-4,6-11,18-20H,5,12-17H2. The van der Waals surface area contributed by atoms with E-state index in [9.17, 15) is 14.9 Å². The summed E-state index contributed by atoms with van der Waals surface area (Å²) in [4.78, 5) is 28.9. The Balaban J connectivity index is 1.33. The van der Waals surface area contributed by atoms with Crippen molar-refractivity contribution in [2.24, 2.45) is 0 Å². The molecule has 3 aromatic carbocycles. The molecule has 0 radical (unpaired) electrons. The summed E-state index contributed by atoms with van der Waals surface area (Å²) in [7, 11) is 0. The summed E-state index contributed by atoms with van der Waals surface area (Å²) in [5.74, 6) is 0. The summed E-state index contributed by atoms with van der Waals surface area (Å²) in [6.45, 7) is 5.14. The van der Waals surface area contributed by atoms with Crippen molar-refractivity contribution >= 4 is 33.7 Å². The van der Waals surface area contributed by atoms with Gasteiger partial charge < -0.3 is 9.47 Å². The van der Waals surface area contributed by atoms with E-state index in [4.69, 9.17) is 11.6 Å². The first kappa shape index (κ1) is 24.0. The molecule has 2 heterocycles. The van der Waals surface area contributed by atoms with Gasteiger partial charge in [-0.3, -0.25) is 19.8 Å². The second kappa shape index (κ2) is 10.5. The number of non-ortho nitro benzene ring substituents is 1. The second-order valence-electron chi connectivity index (χ2n) is 9.04. The summed E-state index contributed by atoms with van der Waals surface area (Å²) in [6, 6.07) is 23.8. The zero-order valence-corrected chi connectivity index (χ0v) is 20.6. The molecule has 36 heavy (non-hydrogen) atoms. The first-order valence-electron chi connectivity index (χ1n) is 12.1. The number of halogens is 1. The molecule has 0 amide bonds. The van der Waals surface area contributed by atoms with Crippen molar-refractivity contribution in [1.29, 1.82) is 0 Å². The van der Waals surface area contributed by atoms with Crippen LogP contribution in [-0.4, -0.2) is 47.1 Å². The van der Waals surface area contributed by atoms with E-state index in [1.165, 1.54) is 6.07 Å². The largest absolute Gasteiger partial charge is 0.369 e. The van der Waals surface area contributed by atoms with Gasteiger partial charge in [0.25, 0.3) is 11.2 Å². The molecular formula is C28H27ClN4O3. The van der Waals surface area contributed by atoms with Crippen molar-refractivity contribution in [1.82, 2.24) is 9.47 Å². The number of hydrogen-bond acceptors (Lipinski definition) is 5. The van der Waals surface area contributed by atoms with Crippen LogP contribution in [0.2, 0.25) is 5.02 Å². The van der Waals surface area contributed by atoms with E-state index in [2.05, 4.69) is 15.9 Å². The maximum Gasteiger partial charge on any atom is 0.270 e. The Hall–Kier alpha value is -3.68. The lowest BCUT2D eigenvalue weighted by Crippen LogP contribution is -2.46. The fourth-order valence-electron chi connectivity index (χ4n) is 4.96. The molecule has 4 aromatic rings. The molecule has 0 N–H and O–H groups in total. The van der Waals surface area contributed by atoms with Gasteiger partial charge in [-0.2, -0.15) is 0 Å². The summed E-state index contributed by atoms with van der Waals surface area (Å²) in [5, 5.41) is 13.9. The van der Waals surface area contributed by atoms with E-state index in [1.807, 2.05) is 48.5 Å². The van der Waals surface area contributed by atoms with Crippen LogP contribution >= 0.6 is 11.6 Å². The first-order chi connectivity index (χ1) is 17.5. The number of benzene rings is 3. The van der Waals surface area contributed by atoms with Crippen molar-refractivity contribution in [2.75, 3.05) is 37.6 Å². The normalized spacial score (nSPS) is 14.3. The van der Waals surface area contributed by atoms with Gasteiger partial charge in [0.05, 0.1) is 10.6 Å². The lowest BCUT2D eigenvalue weighted by Gasteiger charge is -2.36. The quantitative estimate of drug-likeness (QED) is 0.248. The molecule has 0 aliphatic carbocycles. The van der Waals surface area contributed by atoms with Crippen molar-refractivity contribution in [3.8, 4) is 11.3 Å². The fourth-order valence-corrected chi connectivity index (χ4v) is 5.14. The number of hydrogen-bond donors (Lipinski definition) is 0. The molecule has 1 saturated heterocycles. The average Bonchev–Trinajstić information content (AvgIpc) is 2.89. The van der Waals surface area contributed by atoms with Gasteiger partial charge in [-0.05, 0) is 36.6 Å². The minimum Gasteiger partial charge on any atom is -0.369 e. The second-order valence-corrected chi connectivity index (χ2v) is 9.48. The Kier molecular flexibility index (Phi) is 7.02. The molecule has 0 spiro atoms. The molecule has 0 unspecified atom stereocenters. The van der Waals surface area contributed by atoms with Gasteiger partial charge in [-0.1, -0.05) is 54.1 Å². The molecule has 0 saturated carbocycles. The number of nitro benzene ring substituents is 1. The molecule has 1 aliphatic rings.